The Kier molecular flexibility index (Phi) is 4.02. The number of amides is 1. The Bertz CT molecular complexity index is 726. The first kappa shape index (κ1) is 15.3. The zero-order chi connectivity index (χ0) is 16.5. The highest BCUT2D eigenvalue weighted by Crippen LogP contribution is 2.33. The number of fused-ring (bicyclic) bond motifs is 1. The van der Waals surface area contributed by atoms with E-state index in [1.54, 1.807) is 12.3 Å². The number of hydrogen-bond donors (Lipinski definition) is 0. The van der Waals surface area contributed by atoms with Crippen LogP contribution in [0.25, 0.3) is 0 Å². The summed E-state index contributed by atoms with van der Waals surface area (Å²) < 4.78 is 7.79. The van der Waals surface area contributed by atoms with E-state index in [1.165, 1.54) is 24.7 Å². The smallest absolute Gasteiger partial charge is 0.273 e. The summed E-state index contributed by atoms with van der Waals surface area (Å²) in [5.74, 6) is 0.620. The number of carbonyl (C=O) groups is 1. The third-order valence-corrected chi connectivity index (χ3v) is 4.77. The lowest BCUT2D eigenvalue weighted by atomic mass is 9.99. The van der Waals surface area contributed by atoms with Gasteiger partial charge in [0, 0.05) is 26.4 Å². The Morgan fingerprint density at radius 1 is 1.38 bits per heavy atom. The molecular weight excluding hydrogens is 306 g/mol. The molecule has 1 unspecified atom stereocenters. The van der Waals surface area contributed by atoms with Crippen molar-refractivity contribution < 1.29 is 9.53 Å². The lowest BCUT2D eigenvalue weighted by Gasteiger charge is -2.35. The first-order valence-corrected chi connectivity index (χ1v) is 8.39. The minimum Gasteiger partial charge on any atom is -0.379 e. The van der Waals surface area contributed by atoms with Crippen LogP contribution < -0.4 is 0 Å². The monoisotopic (exact) mass is 327 g/mol. The molecule has 2 aliphatic rings. The Morgan fingerprint density at radius 3 is 3.00 bits per heavy atom. The van der Waals surface area contributed by atoms with Crippen molar-refractivity contribution in [2.45, 2.75) is 25.3 Å². The average Bonchev–Trinajstić information content (AvgIpc) is 3.37. The summed E-state index contributed by atoms with van der Waals surface area (Å²) >= 11 is 0. The molecule has 2 aromatic rings. The standard InChI is InChI=1S/C17H21N5O2/c1-21-16-13(8-20-21)5-7-22(15(16)10-24-9-12-2-3-12)17(23)14-4-6-18-11-19-14/h4,6,8,11-12,15H,2-3,5,7,9-10H2,1H3. The zero-order valence-corrected chi connectivity index (χ0v) is 13.8. The third kappa shape index (κ3) is 2.91. The minimum absolute atomic E-state index is 0.0794. The predicted octanol–water partition coefficient (Wildman–Crippen LogP) is 1.38. The first-order chi connectivity index (χ1) is 11.7. The van der Waals surface area contributed by atoms with Gasteiger partial charge >= 0.3 is 0 Å². The molecule has 1 fully saturated rings. The van der Waals surface area contributed by atoms with Crippen molar-refractivity contribution in [1.82, 2.24) is 24.6 Å². The number of aryl methyl sites for hydroxylation is 1. The minimum atomic E-state index is -0.123. The Labute approximate surface area is 140 Å². The average molecular weight is 327 g/mol. The van der Waals surface area contributed by atoms with E-state index >= 15 is 0 Å². The van der Waals surface area contributed by atoms with Crippen LogP contribution in [0.1, 0.15) is 40.6 Å². The van der Waals surface area contributed by atoms with Crippen LogP contribution in [0.2, 0.25) is 0 Å². The van der Waals surface area contributed by atoms with E-state index < -0.39 is 0 Å². The van der Waals surface area contributed by atoms with Crippen molar-refractivity contribution >= 4 is 5.91 Å². The maximum absolute atomic E-state index is 12.9. The molecule has 4 rings (SSSR count). The Hall–Kier alpha value is -2.28. The van der Waals surface area contributed by atoms with E-state index in [1.807, 2.05) is 22.8 Å². The van der Waals surface area contributed by atoms with Gasteiger partial charge in [0.1, 0.15) is 12.0 Å². The van der Waals surface area contributed by atoms with Gasteiger partial charge in [0.05, 0.1) is 24.5 Å². The number of nitrogens with zero attached hydrogens (tertiary/aromatic N) is 5. The summed E-state index contributed by atoms with van der Waals surface area (Å²) in [5, 5.41) is 4.37. The zero-order valence-electron chi connectivity index (χ0n) is 13.8. The van der Waals surface area contributed by atoms with Crippen LogP contribution in [-0.4, -0.2) is 50.3 Å². The van der Waals surface area contributed by atoms with E-state index in [4.69, 9.17) is 4.74 Å². The summed E-state index contributed by atoms with van der Waals surface area (Å²) in [6.45, 7) is 1.93. The van der Waals surface area contributed by atoms with Crippen molar-refractivity contribution in [3.8, 4) is 0 Å². The molecule has 0 bridgehead atoms. The number of rotatable bonds is 5. The van der Waals surface area contributed by atoms with Gasteiger partial charge < -0.3 is 9.64 Å². The van der Waals surface area contributed by atoms with Crippen LogP contribution >= 0.6 is 0 Å². The number of ether oxygens (including phenoxy) is 1. The molecule has 1 aliphatic carbocycles. The summed E-state index contributed by atoms with van der Waals surface area (Å²) in [4.78, 5) is 22.8. The summed E-state index contributed by atoms with van der Waals surface area (Å²) in [7, 11) is 1.92. The van der Waals surface area contributed by atoms with Gasteiger partial charge in [-0.1, -0.05) is 0 Å². The first-order valence-electron chi connectivity index (χ1n) is 8.39. The molecule has 1 saturated carbocycles. The lowest BCUT2D eigenvalue weighted by Crippen LogP contribution is -2.43. The van der Waals surface area contributed by atoms with Crippen molar-refractivity contribution in [2.24, 2.45) is 13.0 Å². The molecule has 2 aromatic heterocycles. The van der Waals surface area contributed by atoms with Gasteiger partial charge in [0.15, 0.2) is 0 Å². The molecule has 0 radical (unpaired) electrons. The molecule has 7 heteroatoms. The molecule has 0 saturated heterocycles. The number of aromatic nitrogens is 4. The molecule has 3 heterocycles. The van der Waals surface area contributed by atoms with Gasteiger partial charge in [0.2, 0.25) is 0 Å². The van der Waals surface area contributed by atoms with Gasteiger partial charge in [-0.2, -0.15) is 5.10 Å². The van der Waals surface area contributed by atoms with E-state index in [-0.39, 0.29) is 11.9 Å². The molecule has 24 heavy (non-hydrogen) atoms. The number of carbonyl (C=O) groups excluding carboxylic acids is 1. The predicted molar refractivity (Wildman–Crippen MR) is 86.3 cm³/mol. The molecule has 1 aliphatic heterocycles. The highest BCUT2D eigenvalue weighted by Gasteiger charge is 2.35. The summed E-state index contributed by atoms with van der Waals surface area (Å²) in [5.41, 5.74) is 2.69. The van der Waals surface area contributed by atoms with Gasteiger partial charge in [-0.3, -0.25) is 9.48 Å². The van der Waals surface area contributed by atoms with Crippen molar-refractivity contribution in [3.63, 3.8) is 0 Å². The van der Waals surface area contributed by atoms with Gasteiger partial charge in [-0.05, 0) is 36.8 Å². The molecule has 126 valence electrons. The topological polar surface area (TPSA) is 73.1 Å². The fourth-order valence-corrected chi connectivity index (χ4v) is 3.27. The molecule has 1 atom stereocenters. The fourth-order valence-electron chi connectivity index (χ4n) is 3.27. The maximum Gasteiger partial charge on any atom is 0.273 e. The van der Waals surface area contributed by atoms with Crippen LogP contribution in [0.5, 0.6) is 0 Å². The van der Waals surface area contributed by atoms with Crippen LogP contribution in [-0.2, 0) is 18.2 Å². The van der Waals surface area contributed by atoms with Crippen molar-refractivity contribution in [3.05, 3.63) is 41.7 Å². The molecule has 1 amide bonds. The normalized spacial score (nSPS) is 20.0. The van der Waals surface area contributed by atoms with Crippen LogP contribution in [0.15, 0.2) is 24.8 Å². The molecule has 7 nitrogen and oxygen atoms in total. The summed E-state index contributed by atoms with van der Waals surface area (Å²) in [6.07, 6.45) is 8.22. The van der Waals surface area contributed by atoms with E-state index in [2.05, 4.69) is 15.1 Å². The largest absolute Gasteiger partial charge is 0.379 e. The molecule has 0 spiro atoms. The highest BCUT2D eigenvalue weighted by molar-refractivity contribution is 5.92. The van der Waals surface area contributed by atoms with Gasteiger partial charge in [-0.15, -0.1) is 0 Å². The maximum atomic E-state index is 12.9. The van der Waals surface area contributed by atoms with Gasteiger partial charge in [-0.25, -0.2) is 9.97 Å². The van der Waals surface area contributed by atoms with Crippen LogP contribution in [0.4, 0.5) is 0 Å². The van der Waals surface area contributed by atoms with E-state index in [0.29, 0.717) is 24.8 Å². The molecule has 0 aromatic carbocycles. The fraction of sp³-hybridized carbons (Fsp3) is 0.529. The van der Waals surface area contributed by atoms with Crippen LogP contribution in [0.3, 0.4) is 0 Å². The quantitative estimate of drug-likeness (QED) is 0.829. The molecule has 0 N–H and O–H groups in total. The van der Waals surface area contributed by atoms with E-state index in [9.17, 15) is 4.79 Å². The van der Waals surface area contributed by atoms with Crippen molar-refractivity contribution in [1.29, 1.82) is 0 Å². The Balaban J connectivity index is 1.59. The lowest BCUT2D eigenvalue weighted by molar-refractivity contribution is 0.0344. The molecular formula is C17H21N5O2. The second-order valence-corrected chi connectivity index (χ2v) is 6.52. The number of hydrogen-bond acceptors (Lipinski definition) is 5. The van der Waals surface area contributed by atoms with Gasteiger partial charge in [0.25, 0.3) is 5.91 Å². The SMILES string of the molecule is Cn1ncc2c1C(COCC1CC1)N(C(=O)c1ccncn1)CC2. The van der Waals surface area contributed by atoms with Crippen molar-refractivity contribution in [2.75, 3.05) is 19.8 Å². The second-order valence-electron chi connectivity index (χ2n) is 6.52. The van der Waals surface area contributed by atoms with E-state index in [0.717, 1.165) is 18.7 Å². The highest BCUT2D eigenvalue weighted by atomic mass is 16.5. The third-order valence-electron chi connectivity index (χ3n) is 4.77. The Morgan fingerprint density at radius 2 is 2.25 bits per heavy atom. The van der Waals surface area contributed by atoms with Crippen LogP contribution in [0, 0.1) is 5.92 Å². The summed E-state index contributed by atoms with van der Waals surface area (Å²) in [6, 6.07) is 1.53. The second kappa shape index (κ2) is 6.32.